The van der Waals surface area contributed by atoms with Crippen molar-refractivity contribution in [1.82, 2.24) is 34.2 Å². The van der Waals surface area contributed by atoms with Crippen molar-refractivity contribution in [2.45, 2.75) is 25.3 Å². The lowest BCUT2D eigenvalue weighted by molar-refractivity contribution is 0.0692. The summed E-state index contributed by atoms with van der Waals surface area (Å²) in [5.74, 6) is -0.760. The van der Waals surface area contributed by atoms with Gasteiger partial charge in [-0.15, -0.1) is 10.2 Å². The smallest absolute Gasteiger partial charge is 0.275 e. The molecule has 28 heavy (non-hydrogen) atoms. The predicted octanol–water partition coefficient (Wildman–Crippen LogP) is 1.75. The number of pyridine rings is 1. The van der Waals surface area contributed by atoms with E-state index in [1.54, 1.807) is 17.4 Å². The fraction of sp³-hybridized carbons (Fsp3) is 0.389. The Kier molecular flexibility index (Phi) is 4.84. The van der Waals surface area contributed by atoms with Crippen LogP contribution in [0.1, 0.15) is 40.9 Å². The van der Waals surface area contributed by atoms with Gasteiger partial charge in [0.15, 0.2) is 17.3 Å². The third-order valence-corrected chi connectivity index (χ3v) is 4.97. The van der Waals surface area contributed by atoms with E-state index in [0.29, 0.717) is 25.7 Å². The molecule has 3 aromatic rings. The number of nitrogens with zero attached hydrogens (tertiary/aromatic N) is 7. The van der Waals surface area contributed by atoms with Crippen molar-refractivity contribution in [3.05, 3.63) is 60.0 Å². The van der Waals surface area contributed by atoms with Gasteiger partial charge in [-0.25, -0.2) is 18.7 Å². The van der Waals surface area contributed by atoms with Crippen molar-refractivity contribution in [3.8, 4) is 0 Å². The van der Waals surface area contributed by atoms with Crippen LogP contribution in [0.3, 0.4) is 0 Å². The van der Waals surface area contributed by atoms with Crippen molar-refractivity contribution >= 4 is 5.91 Å². The van der Waals surface area contributed by atoms with Crippen LogP contribution in [0.25, 0.3) is 0 Å². The number of halogens is 2. The Morgan fingerprint density at radius 2 is 2.18 bits per heavy atom. The lowest BCUT2D eigenvalue weighted by Crippen LogP contribution is -2.40. The number of aromatic nitrogens is 6. The van der Waals surface area contributed by atoms with Gasteiger partial charge in [0.1, 0.15) is 11.6 Å². The maximum atomic E-state index is 13.9. The Morgan fingerprint density at radius 1 is 1.32 bits per heavy atom. The summed E-state index contributed by atoms with van der Waals surface area (Å²) in [5, 5.41) is 8.58. The SMILES string of the molecule is Cn1c(Cn2ccnc2)nnc1C1CCCN(C(=O)c2ncc(F)cc2F)C1. The van der Waals surface area contributed by atoms with Crippen molar-refractivity contribution in [3.63, 3.8) is 0 Å². The van der Waals surface area contributed by atoms with Gasteiger partial charge in [0.05, 0.1) is 19.1 Å². The molecule has 8 nitrogen and oxygen atoms in total. The first-order chi connectivity index (χ1) is 13.5. The van der Waals surface area contributed by atoms with Gasteiger partial charge in [-0.1, -0.05) is 0 Å². The van der Waals surface area contributed by atoms with E-state index in [-0.39, 0.29) is 11.6 Å². The lowest BCUT2D eigenvalue weighted by atomic mass is 9.97. The summed E-state index contributed by atoms with van der Waals surface area (Å²) in [6.45, 7) is 1.42. The topological polar surface area (TPSA) is 81.7 Å². The molecule has 0 spiro atoms. The lowest BCUT2D eigenvalue weighted by Gasteiger charge is -2.32. The molecule has 1 fully saturated rings. The Balaban J connectivity index is 1.51. The summed E-state index contributed by atoms with van der Waals surface area (Å²) in [4.78, 5) is 21.8. The van der Waals surface area contributed by atoms with Gasteiger partial charge in [0.25, 0.3) is 5.91 Å². The van der Waals surface area contributed by atoms with Crippen LogP contribution in [0, 0.1) is 11.6 Å². The van der Waals surface area contributed by atoms with Gasteiger partial charge in [-0.2, -0.15) is 0 Å². The molecule has 4 heterocycles. The summed E-state index contributed by atoms with van der Waals surface area (Å²) in [7, 11) is 1.89. The molecule has 0 aromatic carbocycles. The van der Waals surface area contributed by atoms with Crippen LogP contribution >= 0.6 is 0 Å². The summed E-state index contributed by atoms with van der Waals surface area (Å²) in [5.41, 5.74) is -0.360. The van der Waals surface area contributed by atoms with Gasteiger partial charge in [0, 0.05) is 44.5 Å². The molecule has 1 amide bonds. The van der Waals surface area contributed by atoms with E-state index in [1.165, 1.54) is 0 Å². The number of amides is 1. The van der Waals surface area contributed by atoms with E-state index in [0.717, 1.165) is 30.7 Å². The fourth-order valence-electron chi connectivity index (χ4n) is 3.51. The number of imidazole rings is 1. The fourth-order valence-corrected chi connectivity index (χ4v) is 3.51. The maximum absolute atomic E-state index is 13.9. The van der Waals surface area contributed by atoms with E-state index >= 15 is 0 Å². The number of carbonyl (C=O) groups excluding carboxylic acids is 1. The first-order valence-electron chi connectivity index (χ1n) is 8.97. The minimum absolute atomic E-state index is 0.0183. The molecule has 10 heteroatoms. The molecule has 1 unspecified atom stereocenters. The summed E-state index contributed by atoms with van der Waals surface area (Å²) in [6.07, 6.45) is 7.70. The highest BCUT2D eigenvalue weighted by atomic mass is 19.1. The molecule has 1 saturated heterocycles. The molecule has 0 radical (unpaired) electrons. The molecule has 0 aliphatic carbocycles. The molecule has 0 saturated carbocycles. The largest absolute Gasteiger partial charge is 0.336 e. The van der Waals surface area contributed by atoms with Crippen molar-refractivity contribution in [2.24, 2.45) is 7.05 Å². The van der Waals surface area contributed by atoms with Crippen LogP contribution in [0.5, 0.6) is 0 Å². The molecule has 0 N–H and O–H groups in total. The van der Waals surface area contributed by atoms with Gasteiger partial charge in [0.2, 0.25) is 0 Å². The second-order valence-electron chi connectivity index (χ2n) is 6.84. The third-order valence-electron chi connectivity index (χ3n) is 4.97. The molecule has 1 aliphatic heterocycles. The number of likely N-dealkylation sites (tertiary alicyclic amines) is 1. The molecule has 146 valence electrons. The molecule has 0 bridgehead atoms. The maximum Gasteiger partial charge on any atom is 0.275 e. The highest BCUT2D eigenvalue weighted by Gasteiger charge is 2.30. The third kappa shape index (κ3) is 3.49. The van der Waals surface area contributed by atoms with E-state index < -0.39 is 17.5 Å². The van der Waals surface area contributed by atoms with Crippen LogP contribution in [0.15, 0.2) is 31.0 Å². The van der Waals surface area contributed by atoms with Crippen molar-refractivity contribution < 1.29 is 13.6 Å². The highest BCUT2D eigenvalue weighted by Crippen LogP contribution is 2.27. The number of piperidine rings is 1. The average Bonchev–Trinajstić information content (AvgIpc) is 3.32. The van der Waals surface area contributed by atoms with Crippen LogP contribution < -0.4 is 0 Å². The van der Waals surface area contributed by atoms with Crippen LogP contribution in [0.2, 0.25) is 0 Å². The summed E-state index contributed by atoms with van der Waals surface area (Å²) < 4.78 is 30.8. The second kappa shape index (κ2) is 7.45. The van der Waals surface area contributed by atoms with Gasteiger partial charge in [-0.3, -0.25) is 4.79 Å². The number of carbonyl (C=O) groups is 1. The zero-order valence-electron chi connectivity index (χ0n) is 15.3. The molecular weight excluding hydrogens is 368 g/mol. The van der Waals surface area contributed by atoms with E-state index in [4.69, 9.17) is 0 Å². The Hall–Kier alpha value is -3.17. The monoisotopic (exact) mass is 387 g/mol. The van der Waals surface area contributed by atoms with Gasteiger partial charge < -0.3 is 14.0 Å². The standard InChI is InChI=1S/C18H19F2N7O/c1-25-15(10-26-6-4-21-11-26)23-24-17(25)12-3-2-5-27(9-12)18(28)16-14(20)7-13(19)8-22-16/h4,6-8,11-12H,2-3,5,9-10H2,1H3. The molecular formula is C18H19F2N7O. The Morgan fingerprint density at radius 3 is 2.93 bits per heavy atom. The zero-order chi connectivity index (χ0) is 19.7. The van der Waals surface area contributed by atoms with E-state index in [9.17, 15) is 13.6 Å². The van der Waals surface area contributed by atoms with E-state index in [1.807, 2.05) is 22.4 Å². The zero-order valence-corrected chi connectivity index (χ0v) is 15.3. The van der Waals surface area contributed by atoms with Gasteiger partial charge >= 0.3 is 0 Å². The van der Waals surface area contributed by atoms with Crippen LogP contribution in [0.4, 0.5) is 8.78 Å². The Bertz CT molecular complexity index is 986. The normalized spacial score (nSPS) is 17.1. The minimum Gasteiger partial charge on any atom is -0.336 e. The second-order valence-corrected chi connectivity index (χ2v) is 6.84. The minimum atomic E-state index is -0.951. The summed E-state index contributed by atoms with van der Waals surface area (Å²) >= 11 is 0. The van der Waals surface area contributed by atoms with Crippen molar-refractivity contribution in [2.75, 3.05) is 13.1 Å². The van der Waals surface area contributed by atoms with Gasteiger partial charge in [-0.05, 0) is 12.8 Å². The molecule has 4 rings (SSSR count). The summed E-state index contributed by atoms with van der Waals surface area (Å²) in [6, 6.07) is 0.673. The highest BCUT2D eigenvalue weighted by molar-refractivity contribution is 5.92. The first kappa shape index (κ1) is 18.2. The Labute approximate surface area is 159 Å². The number of rotatable bonds is 4. The molecule has 1 aliphatic rings. The number of hydrogen-bond acceptors (Lipinski definition) is 5. The van der Waals surface area contributed by atoms with Crippen molar-refractivity contribution in [1.29, 1.82) is 0 Å². The van der Waals surface area contributed by atoms with Crippen LogP contribution in [-0.4, -0.2) is 53.2 Å². The van der Waals surface area contributed by atoms with Crippen LogP contribution in [-0.2, 0) is 13.6 Å². The molecule has 1 atom stereocenters. The average molecular weight is 387 g/mol. The number of hydrogen-bond donors (Lipinski definition) is 0. The quantitative estimate of drug-likeness (QED) is 0.681. The predicted molar refractivity (Wildman–Crippen MR) is 94.4 cm³/mol. The molecule has 3 aromatic heterocycles. The first-order valence-corrected chi connectivity index (χ1v) is 8.97. The van der Waals surface area contributed by atoms with E-state index in [2.05, 4.69) is 20.2 Å².